The van der Waals surface area contributed by atoms with Crippen molar-refractivity contribution in [2.24, 2.45) is 5.41 Å². The van der Waals surface area contributed by atoms with E-state index in [0.717, 1.165) is 4.90 Å². The van der Waals surface area contributed by atoms with Crippen LogP contribution >= 0.6 is 11.8 Å². The Morgan fingerprint density at radius 2 is 1.79 bits per heavy atom. The number of esters is 1. The standard InChI is InChI=1S/C15H20O3S/c1-11(16)18-14(15(2,3)4)13(17)10-19-12-8-6-5-7-9-12/h5-9,14H,10H2,1-4H3. The summed E-state index contributed by atoms with van der Waals surface area (Å²) in [6, 6.07) is 9.70. The summed E-state index contributed by atoms with van der Waals surface area (Å²) in [5.74, 6) is -0.172. The van der Waals surface area contributed by atoms with Crippen molar-refractivity contribution in [2.75, 3.05) is 5.75 Å². The summed E-state index contributed by atoms with van der Waals surface area (Å²) in [5.41, 5.74) is -0.389. The molecule has 19 heavy (non-hydrogen) atoms. The number of carbonyl (C=O) groups excluding carboxylic acids is 2. The van der Waals surface area contributed by atoms with Crippen LogP contribution in [0.5, 0.6) is 0 Å². The summed E-state index contributed by atoms with van der Waals surface area (Å²) in [6.45, 7) is 7.01. The molecule has 0 N–H and O–H groups in total. The van der Waals surface area contributed by atoms with E-state index in [4.69, 9.17) is 4.74 Å². The molecule has 104 valence electrons. The molecule has 0 aliphatic carbocycles. The van der Waals surface area contributed by atoms with Gasteiger partial charge in [0.25, 0.3) is 0 Å². The number of Topliss-reactive ketones (excluding diaryl/α,β-unsaturated/α-hetero) is 1. The summed E-state index contributed by atoms with van der Waals surface area (Å²) in [7, 11) is 0. The number of rotatable bonds is 5. The zero-order valence-electron chi connectivity index (χ0n) is 11.8. The fourth-order valence-electron chi connectivity index (χ4n) is 1.64. The van der Waals surface area contributed by atoms with Crippen LogP contribution in [-0.4, -0.2) is 23.6 Å². The van der Waals surface area contributed by atoms with E-state index in [0.29, 0.717) is 5.75 Å². The Labute approximate surface area is 118 Å². The summed E-state index contributed by atoms with van der Waals surface area (Å²) < 4.78 is 5.16. The molecular weight excluding hydrogens is 260 g/mol. The highest BCUT2D eigenvalue weighted by molar-refractivity contribution is 8.00. The molecule has 0 heterocycles. The number of ether oxygens (including phenoxy) is 1. The molecular formula is C15H20O3S. The van der Waals surface area contributed by atoms with Crippen molar-refractivity contribution >= 4 is 23.5 Å². The van der Waals surface area contributed by atoms with Gasteiger partial charge in [0.05, 0.1) is 5.75 Å². The molecule has 0 saturated carbocycles. The number of ketones is 1. The van der Waals surface area contributed by atoms with E-state index in [-0.39, 0.29) is 11.2 Å². The SMILES string of the molecule is CC(=O)OC(C(=O)CSc1ccccc1)C(C)(C)C. The van der Waals surface area contributed by atoms with Gasteiger partial charge in [-0.15, -0.1) is 11.8 Å². The van der Waals surface area contributed by atoms with Crippen LogP contribution in [0.1, 0.15) is 27.7 Å². The fourth-order valence-corrected chi connectivity index (χ4v) is 2.45. The predicted octanol–water partition coefficient (Wildman–Crippen LogP) is 3.33. The maximum absolute atomic E-state index is 12.2. The van der Waals surface area contributed by atoms with Crippen LogP contribution in [0.3, 0.4) is 0 Å². The minimum absolute atomic E-state index is 0.0587. The maximum atomic E-state index is 12.2. The molecule has 0 aromatic heterocycles. The van der Waals surface area contributed by atoms with Crippen LogP contribution < -0.4 is 0 Å². The Hall–Kier alpha value is -1.29. The van der Waals surface area contributed by atoms with Gasteiger partial charge in [-0.1, -0.05) is 39.0 Å². The zero-order chi connectivity index (χ0) is 14.5. The molecule has 0 fully saturated rings. The summed E-state index contributed by atoms with van der Waals surface area (Å²) >= 11 is 1.46. The normalized spacial score (nSPS) is 12.8. The van der Waals surface area contributed by atoms with Gasteiger partial charge in [-0.3, -0.25) is 9.59 Å². The molecule has 0 aliphatic heterocycles. The first-order chi connectivity index (χ1) is 8.80. The second-order valence-corrected chi connectivity index (χ2v) is 6.47. The lowest BCUT2D eigenvalue weighted by Crippen LogP contribution is -2.39. The van der Waals surface area contributed by atoms with Gasteiger partial charge in [0.1, 0.15) is 0 Å². The molecule has 0 aliphatic rings. The zero-order valence-corrected chi connectivity index (χ0v) is 12.6. The van der Waals surface area contributed by atoms with Crippen LogP contribution in [0.2, 0.25) is 0 Å². The Balaban J connectivity index is 2.65. The molecule has 1 aromatic carbocycles. The Bertz CT molecular complexity index is 434. The van der Waals surface area contributed by atoms with E-state index in [2.05, 4.69) is 0 Å². The summed E-state index contributed by atoms with van der Waals surface area (Å²) in [6.07, 6.45) is -0.693. The quantitative estimate of drug-likeness (QED) is 0.613. The van der Waals surface area contributed by atoms with Crippen molar-refractivity contribution in [1.29, 1.82) is 0 Å². The van der Waals surface area contributed by atoms with E-state index >= 15 is 0 Å². The van der Waals surface area contributed by atoms with E-state index in [1.807, 2.05) is 51.1 Å². The molecule has 3 nitrogen and oxygen atoms in total. The summed E-state index contributed by atoms with van der Waals surface area (Å²) in [4.78, 5) is 24.3. The number of carbonyl (C=O) groups is 2. The average Bonchev–Trinajstić information content (AvgIpc) is 2.33. The first kappa shape index (κ1) is 15.8. The molecule has 0 amide bonds. The first-order valence-electron chi connectivity index (χ1n) is 6.18. The number of benzene rings is 1. The third kappa shape index (κ3) is 5.47. The van der Waals surface area contributed by atoms with E-state index in [1.54, 1.807) is 0 Å². The topological polar surface area (TPSA) is 43.4 Å². The highest BCUT2D eigenvalue weighted by Gasteiger charge is 2.33. The molecule has 1 aromatic rings. The third-order valence-electron chi connectivity index (χ3n) is 2.49. The summed E-state index contributed by atoms with van der Waals surface area (Å²) in [5, 5.41) is 0. The molecule has 1 rings (SSSR count). The lowest BCUT2D eigenvalue weighted by atomic mass is 9.87. The lowest BCUT2D eigenvalue weighted by molar-refractivity contribution is -0.158. The van der Waals surface area contributed by atoms with Gasteiger partial charge >= 0.3 is 5.97 Å². The molecule has 0 radical (unpaired) electrons. The number of thioether (sulfide) groups is 1. The minimum Gasteiger partial charge on any atom is -0.454 e. The molecule has 1 atom stereocenters. The van der Waals surface area contributed by atoms with Gasteiger partial charge in [-0.2, -0.15) is 0 Å². The largest absolute Gasteiger partial charge is 0.454 e. The highest BCUT2D eigenvalue weighted by Crippen LogP contribution is 2.26. The first-order valence-corrected chi connectivity index (χ1v) is 7.17. The van der Waals surface area contributed by atoms with Gasteiger partial charge in [-0.25, -0.2) is 0 Å². The van der Waals surface area contributed by atoms with E-state index < -0.39 is 12.1 Å². The molecule has 0 spiro atoms. The fraction of sp³-hybridized carbons (Fsp3) is 0.467. The smallest absolute Gasteiger partial charge is 0.303 e. The third-order valence-corrected chi connectivity index (χ3v) is 3.52. The lowest BCUT2D eigenvalue weighted by Gasteiger charge is -2.28. The van der Waals surface area contributed by atoms with Crippen molar-refractivity contribution in [3.8, 4) is 0 Å². The van der Waals surface area contributed by atoms with Crippen LogP contribution in [0.4, 0.5) is 0 Å². The van der Waals surface area contributed by atoms with Gasteiger partial charge < -0.3 is 4.74 Å². The van der Waals surface area contributed by atoms with Crippen LogP contribution in [0, 0.1) is 5.41 Å². The second-order valence-electron chi connectivity index (χ2n) is 5.42. The monoisotopic (exact) mass is 280 g/mol. The Kier molecular flexibility index (Phi) is 5.60. The van der Waals surface area contributed by atoms with E-state index in [1.165, 1.54) is 18.7 Å². The Morgan fingerprint density at radius 1 is 1.21 bits per heavy atom. The van der Waals surface area contributed by atoms with Gasteiger partial charge in [-0.05, 0) is 12.1 Å². The Morgan fingerprint density at radius 3 is 2.26 bits per heavy atom. The van der Waals surface area contributed by atoms with Crippen LogP contribution in [0.15, 0.2) is 35.2 Å². The van der Waals surface area contributed by atoms with Crippen molar-refractivity contribution < 1.29 is 14.3 Å². The average molecular weight is 280 g/mol. The minimum atomic E-state index is -0.693. The van der Waals surface area contributed by atoms with Gasteiger partial charge in [0.2, 0.25) is 0 Å². The molecule has 0 saturated heterocycles. The molecule has 1 unspecified atom stereocenters. The van der Waals surface area contributed by atoms with E-state index in [9.17, 15) is 9.59 Å². The van der Waals surface area contributed by atoms with Crippen molar-refractivity contribution in [3.63, 3.8) is 0 Å². The van der Waals surface area contributed by atoms with Crippen LogP contribution in [-0.2, 0) is 14.3 Å². The molecule has 4 heteroatoms. The number of hydrogen-bond acceptors (Lipinski definition) is 4. The predicted molar refractivity (Wildman–Crippen MR) is 77.2 cm³/mol. The van der Waals surface area contributed by atoms with Crippen molar-refractivity contribution in [1.82, 2.24) is 0 Å². The van der Waals surface area contributed by atoms with Gasteiger partial charge in [0, 0.05) is 17.2 Å². The highest BCUT2D eigenvalue weighted by atomic mass is 32.2. The maximum Gasteiger partial charge on any atom is 0.303 e. The van der Waals surface area contributed by atoms with Crippen LogP contribution in [0.25, 0.3) is 0 Å². The van der Waals surface area contributed by atoms with Gasteiger partial charge in [0.15, 0.2) is 11.9 Å². The molecule has 0 bridgehead atoms. The van der Waals surface area contributed by atoms with Crippen molar-refractivity contribution in [3.05, 3.63) is 30.3 Å². The number of hydrogen-bond donors (Lipinski definition) is 0. The van der Waals surface area contributed by atoms with Crippen molar-refractivity contribution in [2.45, 2.75) is 38.7 Å². The second kappa shape index (κ2) is 6.75.